The topological polar surface area (TPSA) is 60.9 Å². The number of carbonyl (C=O) groups is 2. The summed E-state index contributed by atoms with van der Waals surface area (Å²) in [5.74, 6) is -0.823. The monoisotopic (exact) mass is 242 g/mol. The molecule has 1 unspecified atom stereocenters. The number of amides is 1. The lowest BCUT2D eigenvalue weighted by Gasteiger charge is -2.22. The minimum absolute atomic E-state index is 0.0689. The highest BCUT2D eigenvalue weighted by Crippen LogP contribution is 2.11. The molecule has 0 aromatic carbocycles. The first-order chi connectivity index (χ1) is 7.99. The van der Waals surface area contributed by atoms with Gasteiger partial charge in [-0.25, -0.2) is 0 Å². The number of hydrogen-bond donors (Lipinski definition) is 1. The smallest absolute Gasteiger partial charge is 0.303 e. The van der Waals surface area contributed by atoms with Crippen LogP contribution in [0.3, 0.4) is 0 Å². The molecule has 1 aliphatic rings. The van der Waals surface area contributed by atoms with Gasteiger partial charge in [-0.2, -0.15) is 0 Å². The molecule has 1 amide bonds. The Balaban J connectivity index is 2.38. The van der Waals surface area contributed by atoms with Crippen LogP contribution < -0.4 is 0 Å². The van der Waals surface area contributed by atoms with Gasteiger partial charge in [-0.1, -0.05) is 6.92 Å². The Morgan fingerprint density at radius 2 is 1.88 bits per heavy atom. The summed E-state index contributed by atoms with van der Waals surface area (Å²) in [6.45, 7) is 5.29. The van der Waals surface area contributed by atoms with Crippen LogP contribution in [0.4, 0.5) is 0 Å². The van der Waals surface area contributed by atoms with Crippen LogP contribution in [-0.4, -0.2) is 60.0 Å². The van der Waals surface area contributed by atoms with Crippen LogP contribution in [0.15, 0.2) is 0 Å². The molecular weight excluding hydrogens is 220 g/mol. The average molecular weight is 242 g/mol. The molecule has 5 heteroatoms. The normalized spacial score (nSPS) is 19.8. The second kappa shape index (κ2) is 6.59. The predicted octanol–water partition coefficient (Wildman–Crippen LogP) is 0.651. The molecule has 1 rings (SSSR count). The van der Waals surface area contributed by atoms with Gasteiger partial charge < -0.3 is 14.9 Å². The molecule has 1 fully saturated rings. The molecule has 1 saturated heterocycles. The lowest BCUT2D eigenvalue weighted by molar-refractivity contribution is -0.138. The Hall–Kier alpha value is -1.10. The van der Waals surface area contributed by atoms with Crippen LogP contribution >= 0.6 is 0 Å². The highest BCUT2D eigenvalue weighted by atomic mass is 16.4. The fourth-order valence-corrected chi connectivity index (χ4v) is 2.09. The molecule has 17 heavy (non-hydrogen) atoms. The maximum atomic E-state index is 12.0. The predicted molar refractivity (Wildman–Crippen MR) is 64.7 cm³/mol. The molecule has 1 N–H and O–H groups in total. The highest BCUT2D eigenvalue weighted by Gasteiger charge is 2.20. The van der Waals surface area contributed by atoms with Crippen LogP contribution in [0.2, 0.25) is 0 Å². The summed E-state index contributed by atoms with van der Waals surface area (Å²) in [4.78, 5) is 26.6. The molecular formula is C12H22N2O3. The van der Waals surface area contributed by atoms with Gasteiger partial charge in [0.2, 0.25) is 5.91 Å². The van der Waals surface area contributed by atoms with Crippen molar-refractivity contribution in [1.29, 1.82) is 0 Å². The Morgan fingerprint density at radius 3 is 2.53 bits per heavy atom. The molecule has 0 bridgehead atoms. The molecule has 0 spiro atoms. The number of likely N-dealkylation sites (N-methyl/N-ethyl adjacent to an activating group) is 1. The second-order valence-corrected chi connectivity index (χ2v) is 4.94. The fraction of sp³-hybridized carbons (Fsp3) is 0.833. The van der Waals surface area contributed by atoms with E-state index >= 15 is 0 Å². The Labute approximate surface area is 102 Å². The number of carboxylic acids is 1. The second-order valence-electron chi connectivity index (χ2n) is 4.94. The van der Waals surface area contributed by atoms with Gasteiger partial charge in [0.25, 0.3) is 0 Å². The molecule has 98 valence electrons. The number of rotatable bonds is 4. The average Bonchev–Trinajstić information content (AvgIpc) is 2.41. The van der Waals surface area contributed by atoms with Crippen LogP contribution in [0.1, 0.15) is 26.2 Å². The zero-order valence-corrected chi connectivity index (χ0v) is 10.7. The number of nitrogens with zero attached hydrogens (tertiary/aromatic N) is 2. The maximum absolute atomic E-state index is 12.0. The fourth-order valence-electron chi connectivity index (χ4n) is 2.09. The zero-order chi connectivity index (χ0) is 12.8. The molecule has 1 atom stereocenters. The number of aliphatic carboxylic acids is 1. The van der Waals surface area contributed by atoms with Crippen molar-refractivity contribution < 1.29 is 14.7 Å². The summed E-state index contributed by atoms with van der Waals surface area (Å²) < 4.78 is 0. The van der Waals surface area contributed by atoms with E-state index in [2.05, 4.69) is 11.9 Å². The standard InChI is InChI=1S/C12H22N2O3/c1-10(9-12(16)17)8-11(15)14-5-3-4-13(2)6-7-14/h10H,3-9H2,1-2H3,(H,16,17). The lowest BCUT2D eigenvalue weighted by Crippen LogP contribution is -2.35. The van der Waals surface area contributed by atoms with E-state index in [0.717, 1.165) is 32.6 Å². The van der Waals surface area contributed by atoms with Gasteiger partial charge in [-0.15, -0.1) is 0 Å². The quantitative estimate of drug-likeness (QED) is 0.786. The van der Waals surface area contributed by atoms with E-state index in [9.17, 15) is 9.59 Å². The summed E-state index contributed by atoms with van der Waals surface area (Å²) in [7, 11) is 2.06. The summed E-state index contributed by atoms with van der Waals surface area (Å²) in [6.07, 6.45) is 1.41. The van der Waals surface area contributed by atoms with Crippen LogP contribution in [-0.2, 0) is 9.59 Å². The summed E-state index contributed by atoms with van der Waals surface area (Å²) >= 11 is 0. The molecule has 0 aromatic rings. The van der Waals surface area contributed by atoms with Gasteiger partial charge in [0.05, 0.1) is 0 Å². The van der Waals surface area contributed by atoms with E-state index in [0.29, 0.717) is 6.42 Å². The number of carboxylic acid groups (broad SMARTS) is 1. The van der Waals surface area contributed by atoms with Crippen molar-refractivity contribution in [2.24, 2.45) is 5.92 Å². The maximum Gasteiger partial charge on any atom is 0.303 e. The molecule has 0 saturated carbocycles. The van der Waals surface area contributed by atoms with E-state index in [1.54, 1.807) is 0 Å². The van der Waals surface area contributed by atoms with Gasteiger partial charge in [0.1, 0.15) is 0 Å². The summed E-state index contributed by atoms with van der Waals surface area (Å²) in [6, 6.07) is 0. The first-order valence-electron chi connectivity index (χ1n) is 6.17. The third kappa shape index (κ3) is 5.17. The highest BCUT2D eigenvalue weighted by molar-refractivity contribution is 5.77. The van der Waals surface area contributed by atoms with Crippen molar-refractivity contribution in [1.82, 2.24) is 9.80 Å². The molecule has 0 aliphatic carbocycles. The Kier molecular flexibility index (Phi) is 5.41. The Morgan fingerprint density at radius 1 is 1.18 bits per heavy atom. The van der Waals surface area contributed by atoms with Gasteiger partial charge >= 0.3 is 5.97 Å². The van der Waals surface area contributed by atoms with Crippen molar-refractivity contribution in [2.45, 2.75) is 26.2 Å². The van der Waals surface area contributed by atoms with Crippen molar-refractivity contribution in [3.8, 4) is 0 Å². The molecule has 1 aliphatic heterocycles. The van der Waals surface area contributed by atoms with Crippen molar-refractivity contribution in [3.05, 3.63) is 0 Å². The van der Waals surface area contributed by atoms with E-state index < -0.39 is 5.97 Å². The summed E-state index contributed by atoms with van der Waals surface area (Å²) in [5.41, 5.74) is 0. The van der Waals surface area contributed by atoms with Gasteiger partial charge in [-0.3, -0.25) is 9.59 Å². The lowest BCUT2D eigenvalue weighted by atomic mass is 10.0. The minimum Gasteiger partial charge on any atom is -0.481 e. The third-order valence-corrected chi connectivity index (χ3v) is 3.12. The molecule has 5 nitrogen and oxygen atoms in total. The van der Waals surface area contributed by atoms with Crippen molar-refractivity contribution in [3.63, 3.8) is 0 Å². The van der Waals surface area contributed by atoms with Gasteiger partial charge in [0.15, 0.2) is 0 Å². The largest absolute Gasteiger partial charge is 0.481 e. The SMILES string of the molecule is CC(CC(=O)O)CC(=O)N1CCCN(C)CC1. The summed E-state index contributed by atoms with van der Waals surface area (Å²) in [5, 5.41) is 8.66. The van der Waals surface area contributed by atoms with Crippen LogP contribution in [0, 0.1) is 5.92 Å². The van der Waals surface area contributed by atoms with Gasteiger partial charge in [-0.05, 0) is 25.9 Å². The Bertz CT molecular complexity index is 281. The van der Waals surface area contributed by atoms with Gasteiger partial charge in [0, 0.05) is 32.5 Å². The van der Waals surface area contributed by atoms with Crippen LogP contribution in [0.5, 0.6) is 0 Å². The third-order valence-electron chi connectivity index (χ3n) is 3.12. The van der Waals surface area contributed by atoms with E-state index in [4.69, 9.17) is 5.11 Å². The molecule has 0 aromatic heterocycles. The minimum atomic E-state index is -0.833. The van der Waals surface area contributed by atoms with E-state index in [1.165, 1.54) is 0 Å². The zero-order valence-electron chi connectivity index (χ0n) is 10.7. The number of hydrogen-bond acceptors (Lipinski definition) is 3. The first kappa shape index (κ1) is 14.0. The molecule has 0 radical (unpaired) electrons. The van der Waals surface area contributed by atoms with E-state index in [1.807, 2.05) is 11.8 Å². The number of carbonyl (C=O) groups excluding carboxylic acids is 1. The van der Waals surface area contributed by atoms with E-state index in [-0.39, 0.29) is 18.2 Å². The van der Waals surface area contributed by atoms with Crippen LogP contribution in [0.25, 0.3) is 0 Å². The molecule has 1 heterocycles. The van der Waals surface area contributed by atoms with Crippen molar-refractivity contribution in [2.75, 3.05) is 33.2 Å². The first-order valence-corrected chi connectivity index (χ1v) is 6.17. The van der Waals surface area contributed by atoms with Crippen molar-refractivity contribution >= 4 is 11.9 Å².